The van der Waals surface area contributed by atoms with Crippen LogP contribution >= 0.6 is 0 Å². The van der Waals surface area contributed by atoms with Crippen LogP contribution < -0.4 is 5.73 Å². The van der Waals surface area contributed by atoms with E-state index in [1.54, 1.807) is 0 Å². The van der Waals surface area contributed by atoms with E-state index in [-0.39, 0.29) is 17.3 Å². The van der Waals surface area contributed by atoms with Crippen molar-refractivity contribution < 1.29 is 9.53 Å². The third-order valence-corrected chi connectivity index (χ3v) is 4.40. The molecule has 2 rings (SSSR count). The van der Waals surface area contributed by atoms with Crippen molar-refractivity contribution in [2.24, 2.45) is 17.1 Å². The van der Waals surface area contributed by atoms with Crippen molar-refractivity contribution in [2.45, 2.75) is 32.2 Å². The molecule has 0 amide bonds. The van der Waals surface area contributed by atoms with Gasteiger partial charge in [-0.25, -0.2) is 0 Å². The van der Waals surface area contributed by atoms with Crippen molar-refractivity contribution in [3.05, 3.63) is 0 Å². The van der Waals surface area contributed by atoms with E-state index in [0.717, 1.165) is 19.5 Å². The number of methoxy groups -OCH3 is 1. The number of hydrogen-bond donors (Lipinski definition) is 1. The number of nitrogens with two attached hydrogens (primary N) is 1. The van der Waals surface area contributed by atoms with Crippen LogP contribution in [0.4, 0.5) is 0 Å². The van der Waals surface area contributed by atoms with E-state index in [2.05, 4.69) is 11.8 Å². The van der Waals surface area contributed by atoms with Crippen molar-refractivity contribution in [1.82, 2.24) is 4.90 Å². The molecule has 1 aliphatic carbocycles. The summed E-state index contributed by atoms with van der Waals surface area (Å²) in [5.74, 6) is 0.0340. The monoisotopic (exact) mass is 226 g/mol. The molecule has 0 aromatic rings. The highest BCUT2D eigenvalue weighted by Crippen LogP contribution is 2.57. The molecule has 4 heteroatoms. The van der Waals surface area contributed by atoms with Gasteiger partial charge in [-0.15, -0.1) is 0 Å². The number of carbonyl (C=O) groups excluding carboxylic acids is 1. The Morgan fingerprint density at radius 2 is 2.25 bits per heavy atom. The van der Waals surface area contributed by atoms with Crippen LogP contribution in [-0.4, -0.2) is 43.7 Å². The fraction of sp³-hybridized carbons (Fsp3) is 0.917. The van der Waals surface area contributed by atoms with Gasteiger partial charge in [0.05, 0.1) is 13.0 Å². The summed E-state index contributed by atoms with van der Waals surface area (Å²) in [5, 5.41) is 0. The van der Waals surface area contributed by atoms with Crippen molar-refractivity contribution in [3.8, 4) is 0 Å². The number of carbonyl (C=O) groups is 1. The Morgan fingerprint density at radius 1 is 1.56 bits per heavy atom. The highest BCUT2D eigenvalue weighted by atomic mass is 16.5. The summed E-state index contributed by atoms with van der Waals surface area (Å²) < 4.78 is 4.93. The van der Waals surface area contributed by atoms with Crippen LogP contribution in [-0.2, 0) is 9.53 Å². The summed E-state index contributed by atoms with van der Waals surface area (Å²) >= 11 is 0. The van der Waals surface area contributed by atoms with Crippen LogP contribution in [0.3, 0.4) is 0 Å². The molecule has 0 aromatic carbocycles. The van der Waals surface area contributed by atoms with Gasteiger partial charge in [-0.05, 0) is 38.1 Å². The zero-order chi connectivity index (χ0) is 11.8. The number of hydrogen-bond acceptors (Lipinski definition) is 4. The summed E-state index contributed by atoms with van der Waals surface area (Å²) in [6, 6.07) is 0.364. The summed E-state index contributed by atoms with van der Waals surface area (Å²) in [6.45, 7) is 4.68. The number of ether oxygens (including phenoxy) is 1. The van der Waals surface area contributed by atoms with Gasteiger partial charge >= 0.3 is 5.97 Å². The van der Waals surface area contributed by atoms with Crippen molar-refractivity contribution in [2.75, 3.05) is 26.7 Å². The van der Waals surface area contributed by atoms with Crippen LogP contribution in [0.2, 0.25) is 0 Å². The smallest absolute Gasteiger partial charge is 0.310 e. The Labute approximate surface area is 97.1 Å². The number of rotatable bonds is 3. The topological polar surface area (TPSA) is 55.6 Å². The quantitative estimate of drug-likeness (QED) is 0.716. The molecule has 2 atom stereocenters. The first-order valence-corrected chi connectivity index (χ1v) is 6.15. The number of likely N-dealkylation sites (tertiary alicyclic amines) is 1. The van der Waals surface area contributed by atoms with E-state index < -0.39 is 0 Å². The lowest BCUT2D eigenvalue weighted by molar-refractivity contribution is -0.151. The lowest BCUT2D eigenvalue weighted by atomic mass is 9.81. The van der Waals surface area contributed by atoms with Crippen molar-refractivity contribution in [1.29, 1.82) is 0 Å². The second-order valence-corrected chi connectivity index (χ2v) is 5.27. The second-order valence-electron chi connectivity index (χ2n) is 5.27. The highest BCUT2D eigenvalue weighted by Gasteiger charge is 2.55. The first-order valence-electron chi connectivity index (χ1n) is 6.15. The second kappa shape index (κ2) is 4.34. The van der Waals surface area contributed by atoms with E-state index in [1.165, 1.54) is 20.0 Å². The van der Waals surface area contributed by atoms with Crippen molar-refractivity contribution >= 4 is 5.97 Å². The predicted octanol–water partition coefficient (Wildman–Crippen LogP) is 0.609. The van der Waals surface area contributed by atoms with Gasteiger partial charge in [-0.3, -0.25) is 9.69 Å². The number of nitrogens with zero attached hydrogens (tertiary/aromatic N) is 1. The minimum atomic E-state index is -0.0357. The molecule has 1 saturated carbocycles. The van der Waals surface area contributed by atoms with Gasteiger partial charge in [-0.1, -0.05) is 0 Å². The molecule has 0 bridgehead atoms. The third kappa shape index (κ3) is 1.96. The van der Waals surface area contributed by atoms with E-state index in [0.29, 0.717) is 12.6 Å². The van der Waals surface area contributed by atoms with Gasteiger partial charge in [-0.2, -0.15) is 0 Å². The van der Waals surface area contributed by atoms with Gasteiger partial charge < -0.3 is 10.5 Å². The maximum Gasteiger partial charge on any atom is 0.310 e. The number of esters is 1. The largest absolute Gasteiger partial charge is 0.469 e. The molecule has 1 aliphatic heterocycles. The maximum absolute atomic E-state index is 11.8. The molecule has 1 saturated heterocycles. The molecule has 2 fully saturated rings. The minimum Gasteiger partial charge on any atom is -0.469 e. The molecule has 1 spiro atoms. The maximum atomic E-state index is 11.8. The minimum absolute atomic E-state index is 0.0357. The molecule has 0 radical (unpaired) electrons. The molecule has 16 heavy (non-hydrogen) atoms. The fourth-order valence-corrected chi connectivity index (χ4v) is 2.84. The zero-order valence-electron chi connectivity index (χ0n) is 10.2. The van der Waals surface area contributed by atoms with E-state index >= 15 is 0 Å². The highest BCUT2D eigenvalue weighted by molar-refractivity contribution is 5.74. The van der Waals surface area contributed by atoms with Gasteiger partial charge in [0, 0.05) is 19.1 Å². The fourth-order valence-electron chi connectivity index (χ4n) is 2.84. The third-order valence-electron chi connectivity index (χ3n) is 4.40. The number of piperidine rings is 1. The molecule has 92 valence electrons. The van der Waals surface area contributed by atoms with E-state index in [1.807, 2.05) is 0 Å². The molecular formula is C12H22N2O2. The van der Waals surface area contributed by atoms with Crippen LogP contribution in [0.1, 0.15) is 26.2 Å². The van der Waals surface area contributed by atoms with Crippen LogP contribution in [0.5, 0.6) is 0 Å². The predicted molar refractivity (Wildman–Crippen MR) is 61.9 cm³/mol. The summed E-state index contributed by atoms with van der Waals surface area (Å²) in [5.41, 5.74) is 5.96. The molecule has 0 aromatic heterocycles. The average Bonchev–Trinajstić information content (AvgIpc) is 3.08. The Bertz CT molecular complexity index is 276. The van der Waals surface area contributed by atoms with Crippen LogP contribution in [0.15, 0.2) is 0 Å². The molecule has 2 unspecified atom stereocenters. The molecular weight excluding hydrogens is 204 g/mol. The normalized spacial score (nSPS) is 30.1. The van der Waals surface area contributed by atoms with Gasteiger partial charge in [0.1, 0.15) is 0 Å². The molecule has 2 N–H and O–H groups in total. The van der Waals surface area contributed by atoms with Gasteiger partial charge in [0.15, 0.2) is 0 Å². The lowest BCUT2D eigenvalue weighted by Gasteiger charge is -2.40. The standard InChI is InChI=1S/C12H22N2O2/c1-9(7-13)14-6-5-12(3-4-12)10(8-14)11(15)16-2/h9-10H,3-8,13H2,1-2H3. The van der Waals surface area contributed by atoms with E-state index in [9.17, 15) is 4.79 Å². The molecule has 2 aliphatic rings. The first-order chi connectivity index (χ1) is 7.63. The van der Waals surface area contributed by atoms with Gasteiger partial charge in [0.2, 0.25) is 0 Å². The summed E-state index contributed by atoms with van der Waals surface area (Å²) in [4.78, 5) is 14.1. The Balaban J connectivity index is 2.04. The van der Waals surface area contributed by atoms with E-state index in [4.69, 9.17) is 10.5 Å². The van der Waals surface area contributed by atoms with Crippen LogP contribution in [0, 0.1) is 11.3 Å². The average molecular weight is 226 g/mol. The molecule has 4 nitrogen and oxygen atoms in total. The molecule has 1 heterocycles. The van der Waals surface area contributed by atoms with Crippen LogP contribution in [0.25, 0.3) is 0 Å². The SMILES string of the molecule is COC(=O)C1CN(C(C)CN)CCC12CC2. The summed E-state index contributed by atoms with van der Waals surface area (Å²) in [6.07, 6.45) is 3.51. The Hall–Kier alpha value is -0.610. The zero-order valence-corrected chi connectivity index (χ0v) is 10.2. The summed E-state index contributed by atoms with van der Waals surface area (Å²) in [7, 11) is 1.49. The Kier molecular flexibility index (Phi) is 3.22. The van der Waals surface area contributed by atoms with Crippen molar-refractivity contribution in [3.63, 3.8) is 0 Å². The van der Waals surface area contributed by atoms with Gasteiger partial charge in [0.25, 0.3) is 0 Å². The lowest BCUT2D eigenvalue weighted by Crippen LogP contribution is -2.50. The Morgan fingerprint density at radius 3 is 2.75 bits per heavy atom. The first kappa shape index (κ1) is 11.9.